The van der Waals surface area contributed by atoms with E-state index < -0.39 is 0 Å². The number of aromatic amines is 1. The van der Waals surface area contributed by atoms with E-state index in [9.17, 15) is 9.59 Å². The Hall–Kier alpha value is -2.67. The molecule has 3 aromatic rings. The first-order valence-corrected chi connectivity index (χ1v) is 8.73. The molecule has 0 saturated carbocycles. The second-order valence-electron chi connectivity index (χ2n) is 6.90. The summed E-state index contributed by atoms with van der Waals surface area (Å²) < 4.78 is 0. The fourth-order valence-corrected chi connectivity index (χ4v) is 3.33. The largest absolute Gasteiger partial charge is 0.347 e. The van der Waals surface area contributed by atoms with Gasteiger partial charge in [-0.1, -0.05) is 18.2 Å². The number of nitrogens with zero attached hydrogens (tertiary/aromatic N) is 1. The minimum atomic E-state index is -0.311. The average molecular weight is 356 g/mol. The zero-order valence-corrected chi connectivity index (χ0v) is 15.4. The van der Waals surface area contributed by atoms with Gasteiger partial charge in [-0.2, -0.15) is 5.10 Å². The van der Waals surface area contributed by atoms with Gasteiger partial charge in [0.2, 0.25) is 0 Å². The Balaban J connectivity index is 1.85. The van der Waals surface area contributed by atoms with Crippen molar-refractivity contribution in [1.82, 2.24) is 15.5 Å². The molecule has 2 heterocycles. The van der Waals surface area contributed by atoms with E-state index in [1.807, 2.05) is 45.9 Å². The van der Waals surface area contributed by atoms with Gasteiger partial charge in [-0.05, 0) is 45.4 Å². The van der Waals surface area contributed by atoms with Crippen molar-refractivity contribution in [2.75, 3.05) is 5.32 Å². The quantitative estimate of drug-likeness (QED) is 0.668. The van der Waals surface area contributed by atoms with Gasteiger partial charge in [-0.25, -0.2) is 0 Å². The van der Waals surface area contributed by atoms with Crippen LogP contribution in [-0.4, -0.2) is 27.6 Å². The topological polar surface area (TPSA) is 86.9 Å². The van der Waals surface area contributed by atoms with Crippen LogP contribution in [0.4, 0.5) is 5.82 Å². The molecule has 0 bridgehead atoms. The summed E-state index contributed by atoms with van der Waals surface area (Å²) in [4.78, 5) is 26.1. The average Bonchev–Trinajstić information content (AvgIpc) is 3.08. The number of carbonyl (C=O) groups excluding carboxylic acids is 2. The van der Waals surface area contributed by atoms with Crippen molar-refractivity contribution in [1.29, 1.82) is 0 Å². The first-order valence-electron chi connectivity index (χ1n) is 7.92. The maximum Gasteiger partial charge on any atom is 0.261 e. The van der Waals surface area contributed by atoms with E-state index in [4.69, 9.17) is 0 Å². The van der Waals surface area contributed by atoms with Crippen LogP contribution in [0.2, 0.25) is 0 Å². The predicted octanol–water partition coefficient (Wildman–Crippen LogP) is 3.71. The van der Waals surface area contributed by atoms with Crippen molar-refractivity contribution in [3.63, 3.8) is 0 Å². The Labute approximate surface area is 149 Å². The summed E-state index contributed by atoms with van der Waals surface area (Å²) in [7, 11) is 0. The van der Waals surface area contributed by atoms with Crippen LogP contribution in [0.15, 0.2) is 30.3 Å². The van der Waals surface area contributed by atoms with Crippen LogP contribution in [0.25, 0.3) is 10.2 Å². The Morgan fingerprint density at radius 2 is 1.88 bits per heavy atom. The molecule has 0 aliphatic rings. The van der Waals surface area contributed by atoms with E-state index in [0.717, 1.165) is 15.8 Å². The number of rotatable bonds is 3. The normalized spacial score (nSPS) is 11.5. The van der Waals surface area contributed by atoms with Crippen molar-refractivity contribution >= 4 is 39.2 Å². The molecule has 7 heteroatoms. The molecule has 0 aliphatic carbocycles. The van der Waals surface area contributed by atoms with E-state index >= 15 is 0 Å². The van der Waals surface area contributed by atoms with E-state index in [2.05, 4.69) is 20.8 Å². The minimum Gasteiger partial charge on any atom is -0.347 e. The third kappa shape index (κ3) is 3.71. The summed E-state index contributed by atoms with van der Waals surface area (Å²) in [6.07, 6.45) is 0. The Morgan fingerprint density at radius 3 is 2.56 bits per heavy atom. The van der Waals surface area contributed by atoms with Crippen LogP contribution in [-0.2, 0) is 0 Å². The highest BCUT2D eigenvalue weighted by molar-refractivity contribution is 7.20. The van der Waals surface area contributed by atoms with Gasteiger partial charge in [0.15, 0.2) is 5.82 Å². The van der Waals surface area contributed by atoms with Crippen LogP contribution in [0, 0.1) is 6.92 Å². The van der Waals surface area contributed by atoms with Gasteiger partial charge in [0.25, 0.3) is 11.8 Å². The molecule has 25 heavy (non-hydrogen) atoms. The number of carbonyl (C=O) groups is 2. The number of thiophene rings is 1. The standard InChI is InChI=1S/C18H20N4O2S/c1-10-7-5-6-8-11(10)15(23)19-14-12-9-13(25-17(12)22-21-14)16(24)20-18(2,3)4/h5-9H,1-4H3,(H,20,24)(H2,19,21,22,23). The molecule has 6 nitrogen and oxygen atoms in total. The van der Waals surface area contributed by atoms with Crippen LogP contribution in [0.3, 0.4) is 0 Å². The number of hydrogen-bond donors (Lipinski definition) is 3. The first kappa shape index (κ1) is 17.2. The molecule has 3 N–H and O–H groups in total. The third-order valence-corrected chi connectivity index (χ3v) is 4.63. The van der Waals surface area contributed by atoms with Crippen LogP contribution < -0.4 is 10.6 Å². The van der Waals surface area contributed by atoms with Gasteiger partial charge in [0, 0.05) is 11.1 Å². The fraction of sp³-hybridized carbons (Fsp3) is 0.278. The summed E-state index contributed by atoms with van der Waals surface area (Å²) in [5, 5.41) is 13.5. The zero-order valence-electron chi connectivity index (χ0n) is 14.6. The number of aryl methyl sites for hydroxylation is 1. The molecule has 0 radical (unpaired) electrons. The molecule has 0 aliphatic heterocycles. The number of aromatic nitrogens is 2. The highest BCUT2D eigenvalue weighted by atomic mass is 32.1. The summed E-state index contributed by atoms with van der Waals surface area (Å²) in [6, 6.07) is 9.11. The smallest absolute Gasteiger partial charge is 0.261 e. The van der Waals surface area contributed by atoms with E-state index in [-0.39, 0.29) is 17.4 Å². The number of benzene rings is 1. The molecule has 1 aromatic carbocycles. The Morgan fingerprint density at radius 1 is 1.16 bits per heavy atom. The van der Waals surface area contributed by atoms with Gasteiger partial charge in [-0.3, -0.25) is 14.7 Å². The summed E-state index contributed by atoms with van der Waals surface area (Å²) in [5.41, 5.74) is 1.18. The molecular weight excluding hydrogens is 336 g/mol. The molecule has 0 fully saturated rings. The molecule has 2 aromatic heterocycles. The van der Waals surface area contributed by atoms with Crippen molar-refractivity contribution in [3.8, 4) is 0 Å². The number of H-pyrrole nitrogens is 1. The van der Waals surface area contributed by atoms with Crippen molar-refractivity contribution < 1.29 is 9.59 Å². The lowest BCUT2D eigenvalue weighted by molar-refractivity contribution is 0.0923. The number of nitrogens with one attached hydrogen (secondary N) is 3. The molecule has 0 unspecified atom stereocenters. The molecular formula is C18H20N4O2S. The zero-order chi connectivity index (χ0) is 18.2. The fourth-order valence-electron chi connectivity index (χ4n) is 2.43. The van der Waals surface area contributed by atoms with Gasteiger partial charge < -0.3 is 10.6 Å². The molecule has 130 valence electrons. The third-order valence-electron chi connectivity index (χ3n) is 3.59. The predicted molar refractivity (Wildman–Crippen MR) is 100 cm³/mol. The number of hydrogen-bond acceptors (Lipinski definition) is 4. The molecule has 0 atom stereocenters. The highest BCUT2D eigenvalue weighted by Crippen LogP contribution is 2.29. The van der Waals surface area contributed by atoms with Gasteiger partial charge in [0.05, 0.1) is 10.3 Å². The summed E-state index contributed by atoms with van der Waals surface area (Å²) in [6.45, 7) is 7.67. The maximum atomic E-state index is 12.5. The highest BCUT2D eigenvalue weighted by Gasteiger charge is 2.20. The lowest BCUT2D eigenvalue weighted by atomic mass is 10.1. The first-order chi connectivity index (χ1) is 11.7. The molecule has 2 amide bonds. The maximum absolute atomic E-state index is 12.5. The summed E-state index contributed by atoms with van der Waals surface area (Å²) >= 11 is 1.31. The van der Waals surface area contributed by atoms with Crippen molar-refractivity contribution in [2.24, 2.45) is 0 Å². The number of amides is 2. The van der Waals surface area contributed by atoms with E-state index in [1.165, 1.54) is 11.3 Å². The number of fused-ring (bicyclic) bond motifs is 1. The van der Waals surface area contributed by atoms with Gasteiger partial charge in [0.1, 0.15) is 4.83 Å². The second-order valence-corrected chi connectivity index (χ2v) is 7.95. The van der Waals surface area contributed by atoms with E-state index in [0.29, 0.717) is 16.3 Å². The summed E-state index contributed by atoms with van der Waals surface area (Å²) in [5.74, 6) is 0.0611. The van der Waals surface area contributed by atoms with Crippen LogP contribution in [0.5, 0.6) is 0 Å². The second kappa shape index (κ2) is 6.33. The van der Waals surface area contributed by atoms with Crippen molar-refractivity contribution in [2.45, 2.75) is 33.2 Å². The number of anilines is 1. The Bertz CT molecular complexity index is 950. The lowest BCUT2D eigenvalue weighted by Crippen LogP contribution is -2.40. The molecule has 0 spiro atoms. The van der Waals surface area contributed by atoms with Gasteiger partial charge >= 0.3 is 0 Å². The minimum absolute atomic E-state index is 0.140. The van der Waals surface area contributed by atoms with E-state index in [1.54, 1.807) is 12.1 Å². The Kier molecular flexibility index (Phi) is 4.34. The van der Waals surface area contributed by atoms with Crippen LogP contribution >= 0.6 is 11.3 Å². The SMILES string of the molecule is Cc1ccccc1C(=O)Nc1n[nH]c2sc(C(=O)NC(C)(C)C)cc12. The molecule has 0 saturated heterocycles. The monoisotopic (exact) mass is 356 g/mol. The van der Waals surface area contributed by atoms with Crippen molar-refractivity contribution in [3.05, 3.63) is 46.3 Å². The lowest BCUT2D eigenvalue weighted by Gasteiger charge is -2.19. The van der Waals surface area contributed by atoms with Crippen LogP contribution in [0.1, 0.15) is 46.4 Å². The van der Waals surface area contributed by atoms with Gasteiger partial charge in [-0.15, -0.1) is 11.3 Å². The molecule has 3 rings (SSSR count).